The first-order valence-corrected chi connectivity index (χ1v) is 11.2. The van der Waals surface area contributed by atoms with Crippen molar-refractivity contribution in [1.82, 2.24) is 5.32 Å². The molecule has 0 saturated heterocycles. The van der Waals surface area contributed by atoms with Gasteiger partial charge in [0, 0.05) is 9.50 Å². The lowest BCUT2D eigenvalue weighted by Crippen LogP contribution is -2.42. The summed E-state index contributed by atoms with van der Waals surface area (Å²) in [6.45, 7) is 3.08. The SMILES string of the molecule is CCc1cc(Br)cc(S(=O)(=O)Nc2cc(Cl)cc(C(=O)NC(C)C(N)=O)c2O)c1O. The lowest BCUT2D eigenvalue weighted by atomic mass is 10.1. The molecule has 0 bridgehead atoms. The standard InChI is InChI=1S/C18H19BrClN3O6S/c1-3-9-4-10(19)5-14(15(9)24)30(28,29)23-13-7-11(20)6-12(16(13)25)18(27)22-8(2)17(21)26/h4-8,23-25H,3H2,1-2H3,(H2,21,26)(H,22,27). The highest BCUT2D eigenvalue weighted by Crippen LogP contribution is 2.36. The number of halogens is 2. The Morgan fingerprint density at radius 2 is 1.83 bits per heavy atom. The second kappa shape index (κ2) is 9.11. The van der Waals surface area contributed by atoms with Crippen molar-refractivity contribution < 1.29 is 28.2 Å². The zero-order valence-corrected chi connectivity index (χ0v) is 19.0. The molecule has 0 fully saturated rings. The Kier molecular flexibility index (Phi) is 7.22. The monoisotopic (exact) mass is 519 g/mol. The zero-order chi connectivity index (χ0) is 22.8. The second-order valence-electron chi connectivity index (χ2n) is 6.32. The van der Waals surface area contributed by atoms with Crippen molar-refractivity contribution in [2.75, 3.05) is 4.72 Å². The summed E-state index contributed by atoms with van der Waals surface area (Å²) >= 11 is 9.16. The van der Waals surface area contributed by atoms with Gasteiger partial charge in [-0.3, -0.25) is 14.3 Å². The van der Waals surface area contributed by atoms with Crippen molar-refractivity contribution in [3.8, 4) is 11.5 Å². The molecule has 1 unspecified atom stereocenters. The normalized spacial score (nSPS) is 12.3. The molecular formula is C18H19BrClN3O6S. The maximum Gasteiger partial charge on any atom is 0.265 e. The predicted molar refractivity (Wildman–Crippen MR) is 115 cm³/mol. The fourth-order valence-corrected chi connectivity index (χ4v) is 4.60. The molecule has 1 atom stereocenters. The van der Waals surface area contributed by atoms with Crippen LogP contribution in [0.5, 0.6) is 11.5 Å². The zero-order valence-electron chi connectivity index (χ0n) is 15.9. The second-order valence-corrected chi connectivity index (χ2v) is 9.32. The van der Waals surface area contributed by atoms with Crippen molar-refractivity contribution in [2.24, 2.45) is 5.73 Å². The van der Waals surface area contributed by atoms with Crippen LogP contribution >= 0.6 is 27.5 Å². The van der Waals surface area contributed by atoms with Crippen LogP contribution in [0.3, 0.4) is 0 Å². The summed E-state index contributed by atoms with van der Waals surface area (Å²) in [5.41, 5.74) is 4.72. The topological polar surface area (TPSA) is 159 Å². The number of carbonyl (C=O) groups excluding carboxylic acids is 2. The van der Waals surface area contributed by atoms with Gasteiger partial charge in [-0.25, -0.2) is 8.42 Å². The van der Waals surface area contributed by atoms with E-state index >= 15 is 0 Å². The Morgan fingerprint density at radius 3 is 2.40 bits per heavy atom. The van der Waals surface area contributed by atoms with Gasteiger partial charge in [-0.15, -0.1) is 0 Å². The van der Waals surface area contributed by atoms with E-state index in [-0.39, 0.29) is 10.6 Å². The van der Waals surface area contributed by atoms with Crippen molar-refractivity contribution in [3.05, 3.63) is 44.9 Å². The van der Waals surface area contributed by atoms with E-state index in [1.165, 1.54) is 13.0 Å². The fourth-order valence-electron chi connectivity index (χ4n) is 2.50. The van der Waals surface area contributed by atoms with E-state index in [0.717, 1.165) is 12.1 Å². The number of benzene rings is 2. The number of hydrogen-bond donors (Lipinski definition) is 5. The molecule has 0 aliphatic rings. The molecule has 0 radical (unpaired) electrons. The minimum Gasteiger partial charge on any atom is -0.506 e. The summed E-state index contributed by atoms with van der Waals surface area (Å²) in [7, 11) is -4.37. The van der Waals surface area contributed by atoms with Crippen molar-refractivity contribution in [1.29, 1.82) is 0 Å². The first kappa shape index (κ1) is 23.8. The van der Waals surface area contributed by atoms with E-state index in [4.69, 9.17) is 17.3 Å². The van der Waals surface area contributed by atoms with Crippen molar-refractivity contribution in [2.45, 2.75) is 31.2 Å². The van der Waals surface area contributed by atoms with Gasteiger partial charge in [-0.05, 0) is 43.2 Å². The number of sulfonamides is 1. The summed E-state index contributed by atoms with van der Waals surface area (Å²) < 4.78 is 28.2. The van der Waals surface area contributed by atoms with Crippen LogP contribution in [-0.4, -0.2) is 36.5 Å². The van der Waals surface area contributed by atoms with Crippen molar-refractivity contribution in [3.63, 3.8) is 0 Å². The van der Waals surface area contributed by atoms with Crippen molar-refractivity contribution >= 4 is 55.1 Å². The molecule has 162 valence electrons. The maximum atomic E-state index is 12.8. The number of primary amides is 1. The predicted octanol–water partition coefficient (Wildman–Crippen LogP) is 2.48. The number of aryl methyl sites for hydroxylation is 1. The number of anilines is 1. The van der Waals surface area contributed by atoms with E-state index in [2.05, 4.69) is 26.0 Å². The van der Waals surface area contributed by atoms with Crippen LogP contribution in [0.15, 0.2) is 33.6 Å². The molecule has 0 aromatic heterocycles. The van der Waals surface area contributed by atoms with Gasteiger partial charge in [0.25, 0.3) is 15.9 Å². The van der Waals surface area contributed by atoms with E-state index in [9.17, 15) is 28.2 Å². The third-order valence-corrected chi connectivity index (χ3v) is 6.18. The fraction of sp³-hybridized carbons (Fsp3) is 0.222. The number of aromatic hydroxyl groups is 2. The Bertz CT molecular complexity index is 1120. The Morgan fingerprint density at radius 1 is 1.20 bits per heavy atom. The average molecular weight is 521 g/mol. The summed E-state index contributed by atoms with van der Waals surface area (Å²) in [4.78, 5) is 23.1. The Labute approximate surface area is 186 Å². The molecule has 0 spiro atoms. The van der Waals surface area contributed by atoms with Gasteiger partial charge in [0.1, 0.15) is 16.7 Å². The first-order chi connectivity index (χ1) is 13.9. The largest absolute Gasteiger partial charge is 0.506 e. The highest BCUT2D eigenvalue weighted by atomic mass is 79.9. The van der Waals surface area contributed by atoms with E-state index in [1.54, 1.807) is 13.0 Å². The van der Waals surface area contributed by atoms with Crippen LogP contribution in [0, 0.1) is 0 Å². The highest BCUT2D eigenvalue weighted by molar-refractivity contribution is 9.10. The highest BCUT2D eigenvalue weighted by Gasteiger charge is 2.25. The van der Waals surface area contributed by atoms with E-state index in [1.807, 2.05) is 0 Å². The van der Waals surface area contributed by atoms with Gasteiger partial charge in [0.05, 0.1) is 11.3 Å². The number of carbonyl (C=O) groups is 2. The molecule has 2 amide bonds. The minimum atomic E-state index is -4.37. The first-order valence-electron chi connectivity index (χ1n) is 8.54. The van der Waals surface area contributed by atoms with Crippen LogP contribution in [0.1, 0.15) is 29.8 Å². The molecular weight excluding hydrogens is 502 g/mol. The molecule has 0 aliphatic heterocycles. The third-order valence-electron chi connectivity index (χ3n) is 4.13. The number of phenolic OH excluding ortho intramolecular Hbond substituents is 2. The number of rotatable bonds is 7. The summed E-state index contributed by atoms with van der Waals surface area (Å²) in [5, 5.41) is 22.9. The molecule has 2 aromatic rings. The van der Waals surface area contributed by atoms with Gasteiger partial charge in [-0.1, -0.05) is 34.5 Å². The number of nitrogens with one attached hydrogen (secondary N) is 2. The molecule has 0 heterocycles. The quantitative estimate of drug-likeness (QED) is 0.353. The lowest BCUT2D eigenvalue weighted by molar-refractivity contribution is -0.119. The molecule has 6 N–H and O–H groups in total. The Hall–Kier alpha value is -2.50. The van der Waals surface area contributed by atoms with Crippen LogP contribution in [-0.2, 0) is 21.2 Å². The number of amides is 2. The van der Waals surface area contributed by atoms with Crippen LogP contribution in [0.4, 0.5) is 5.69 Å². The summed E-state index contributed by atoms with van der Waals surface area (Å²) in [5.74, 6) is -2.85. The Balaban J connectivity index is 2.49. The summed E-state index contributed by atoms with van der Waals surface area (Å²) in [6.07, 6.45) is 0.374. The number of nitrogens with two attached hydrogens (primary N) is 1. The van der Waals surface area contributed by atoms with Gasteiger partial charge < -0.3 is 21.3 Å². The molecule has 2 aromatic carbocycles. The lowest BCUT2D eigenvalue weighted by Gasteiger charge is -2.16. The molecule has 0 aliphatic carbocycles. The summed E-state index contributed by atoms with van der Waals surface area (Å²) in [6, 6.07) is 3.93. The maximum absolute atomic E-state index is 12.8. The average Bonchev–Trinajstić information content (AvgIpc) is 2.65. The van der Waals surface area contributed by atoms with Crippen LogP contribution in [0.2, 0.25) is 5.02 Å². The van der Waals surface area contributed by atoms with Crippen LogP contribution in [0.25, 0.3) is 0 Å². The van der Waals surface area contributed by atoms with Gasteiger partial charge in [0.2, 0.25) is 5.91 Å². The molecule has 9 nitrogen and oxygen atoms in total. The number of hydrogen-bond acceptors (Lipinski definition) is 6. The van der Waals surface area contributed by atoms with E-state index < -0.39 is 50.0 Å². The third kappa shape index (κ3) is 5.15. The molecule has 30 heavy (non-hydrogen) atoms. The molecule has 2 rings (SSSR count). The van der Waals surface area contributed by atoms with Crippen LogP contribution < -0.4 is 15.8 Å². The molecule has 12 heteroatoms. The molecule has 0 saturated carbocycles. The smallest absolute Gasteiger partial charge is 0.265 e. The van der Waals surface area contributed by atoms with Gasteiger partial charge in [-0.2, -0.15) is 0 Å². The van der Waals surface area contributed by atoms with E-state index in [0.29, 0.717) is 16.5 Å². The van der Waals surface area contributed by atoms with Gasteiger partial charge >= 0.3 is 0 Å². The van der Waals surface area contributed by atoms with Gasteiger partial charge in [0.15, 0.2) is 5.75 Å². The number of phenols is 2. The minimum absolute atomic E-state index is 0.0601.